The van der Waals surface area contributed by atoms with Crippen LogP contribution in [0.2, 0.25) is 0 Å². The Balaban J connectivity index is 0.00000210. The number of amides is 1. The number of nitrogens with zero attached hydrogens (tertiary/aromatic N) is 1. The molecule has 29 heavy (non-hydrogen) atoms. The summed E-state index contributed by atoms with van der Waals surface area (Å²) in [4.78, 5) is 14.8. The number of halogens is 2. The van der Waals surface area contributed by atoms with E-state index in [-0.39, 0.29) is 35.6 Å². The molecule has 0 bridgehead atoms. The quantitative estimate of drug-likeness (QED) is 0.576. The van der Waals surface area contributed by atoms with E-state index in [0.717, 1.165) is 25.9 Å². The molecule has 0 aliphatic carbocycles. The highest BCUT2D eigenvalue weighted by molar-refractivity contribution is 7.89. The van der Waals surface area contributed by atoms with E-state index < -0.39 is 10.0 Å². The van der Waals surface area contributed by atoms with E-state index in [9.17, 15) is 13.2 Å². The largest absolute Gasteiger partial charge is 0.378 e. The summed E-state index contributed by atoms with van der Waals surface area (Å²) < 4.78 is 28.8. The van der Waals surface area contributed by atoms with Crippen molar-refractivity contribution in [3.63, 3.8) is 0 Å². The summed E-state index contributed by atoms with van der Waals surface area (Å²) in [5, 5.41) is 11.6. The van der Waals surface area contributed by atoms with Gasteiger partial charge in [-0.3, -0.25) is 4.79 Å². The van der Waals surface area contributed by atoms with Crippen molar-refractivity contribution in [3.05, 3.63) is 23.8 Å². The third-order valence-electron chi connectivity index (χ3n) is 5.13. The molecule has 166 valence electrons. The lowest BCUT2D eigenvalue weighted by Gasteiger charge is -2.30. The van der Waals surface area contributed by atoms with Crippen molar-refractivity contribution < 1.29 is 17.9 Å². The Kier molecular flexibility index (Phi) is 10.7. The topological polar surface area (TPSA) is 114 Å². The SMILES string of the molecule is Cl.Cl.NS(=O)(=O)c1ccc(N2CCOCC2)c(C(=O)NCCC2CCCNC2)c1. The Hall–Kier alpha value is -1.10. The maximum absolute atomic E-state index is 12.8. The number of morpholine rings is 1. The molecule has 2 aliphatic heterocycles. The zero-order valence-corrected chi connectivity index (χ0v) is 18.7. The zero-order valence-electron chi connectivity index (χ0n) is 16.3. The van der Waals surface area contributed by atoms with E-state index in [1.807, 2.05) is 4.90 Å². The number of hydrogen-bond acceptors (Lipinski definition) is 6. The molecule has 2 aliphatic rings. The third-order valence-corrected chi connectivity index (χ3v) is 6.04. The van der Waals surface area contributed by atoms with Crippen molar-refractivity contribution in [2.45, 2.75) is 24.2 Å². The highest BCUT2D eigenvalue weighted by Gasteiger charge is 2.22. The Labute approximate surface area is 184 Å². The van der Waals surface area contributed by atoms with E-state index in [1.54, 1.807) is 6.07 Å². The Bertz CT molecular complexity index is 767. The standard InChI is InChI=1S/C18H28N4O4S.2ClH/c19-27(24,25)15-3-4-17(22-8-10-26-11-9-22)16(12-15)18(23)21-7-5-14-2-1-6-20-13-14;;/h3-4,12,14,20H,1-2,5-11,13H2,(H,21,23)(H2,19,24,25);2*1H. The van der Waals surface area contributed by atoms with Gasteiger partial charge in [-0.25, -0.2) is 13.6 Å². The van der Waals surface area contributed by atoms with Crippen molar-refractivity contribution >= 4 is 46.4 Å². The normalized spacial score (nSPS) is 19.6. The minimum Gasteiger partial charge on any atom is -0.378 e. The van der Waals surface area contributed by atoms with E-state index in [2.05, 4.69) is 10.6 Å². The van der Waals surface area contributed by atoms with Crippen LogP contribution in [0.1, 0.15) is 29.6 Å². The first kappa shape index (κ1) is 25.9. The molecule has 2 saturated heterocycles. The average molecular weight is 469 g/mol. The van der Waals surface area contributed by atoms with Gasteiger partial charge in [0.25, 0.3) is 5.91 Å². The highest BCUT2D eigenvalue weighted by atomic mass is 35.5. The molecule has 1 amide bonds. The van der Waals surface area contributed by atoms with Crippen LogP contribution in [0.15, 0.2) is 23.1 Å². The van der Waals surface area contributed by atoms with E-state index >= 15 is 0 Å². The van der Waals surface area contributed by atoms with Gasteiger partial charge in [0.15, 0.2) is 0 Å². The predicted molar refractivity (Wildman–Crippen MR) is 118 cm³/mol. The monoisotopic (exact) mass is 468 g/mol. The lowest BCUT2D eigenvalue weighted by atomic mass is 9.96. The summed E-state index contributed by atoms with van der Waals surface area (Å²) in [7, 11) is -3.88. The van der Waals surface area contributed by atoms with Crippen LogP contribution in [0, 0.1) is 5.92 Å². The van der Waals surface area contributed by atoms with Gasteiger partial charge in [0.05, 0.1) is 23.7 Å². The first-order valence-electron chi connectivity index (χ1n) is 9.43. The number of carbonyl (C=O) groups excluding carboxylic acids is 1. The molecule has 1 aromatic carbocycles. The molecular weight excluding hydrogens is 439 g/mol. The molecule has 2 heterocycles. The van der Waals surface area contributed by atoms with Crippen LogP contribution >= 0.6 is 24.8 Å². The number of sulfonamides is 1. The molecule has 0 radical (unpaired) electrons. The molecule has 0 spiro atoms. The number of piperidine rings is 1. The lowest BCUT2D eigenvalue weighted by Crippen LogP contribution is -2.38. The molecule has 1 atom stereocenters. The summed E-state index contributed by atoms with van der Waals surface area (Å²) in [6.45, 7) is 5.07. The Morgan fingerprint density at radius 2 is 2.00 bits per heavy atom. The van der Waals surface area contributed by atoms with E-state index in [0.29, 0.717) is 50.0 Å². The summed E-state index contributed by atoms with van der Waals surface area (Å²) in [5.41, 5.74) is 1.05. The van der Waals surface area contributed by atoms with Crippen molar-refractivity contribution in [1.29, 1.82) is 0 Å². The smallest absolute Gasteiger partial charge is 0.253 e. The molecule has 1 unspecified atom stereocenters. The van der Waals surface area contributed by atoms with Gasteiger partial charge < -0.3 is 20.3 Å². The van der Waals surface area contributed by atoms with Crippen molar-refractivity contribution in [3.8, 4) is 0 Å². The van der Waals surface area contributed by atoms with Gasteiger partial charge in [-0.15, -0.1) is 24.8 Å². The summed E-state index contributed by atoms with van der Waals surface area (Å²) in [5.74, 6) is 0.291. The van der Waals surface area contributed by atoms with Gasteiger partial charge in [0.2, 0.25) is 10.0 Å². The van der Waals surface area contributed by atoms with E-state index in [4.69, 9.17) is 9.88 Å². The van der Waals surface area contributed by atoms with Gasteiger partial charge in [0.1, 0.15) is 0 Å². The number of benzene rings is 1. The van der Waals surface area contributed by atoms with Crippen molar-refractivity contribution in [2.24, 2.45) is 11.1 Å². The van der Waals surface area contributed by atoms with Gasteiger partial charge in [-0.05, 0) is 56.5 Å². The fourth-order valence-corrected chi connectivity index (χ4v) is 4.15. The van der Waals surface area contributed by atoms with Crippen LogP contribution in [0.4, 0.5) is 5.69 Å². The van der Waals surface area contributed by atoms with Crippen LogP contribution in [0.25, 0.3) is 0 Å². The Morgan fingerprint density at radius 1 is 1.28 bits per heavy atom. The van der Waals surface area contributed by atoms with Crippen LogP contribution < -0.4 is 20.7 Å². The van der Waals surface area contributed by atoms with E-state index in [1.165, 1.54) is 18.6 Å². The molecule has 11 heteroatoms. The second kappa shape index (κ2) is 11.9. The maximum Gasteiger partial charge on any atom is 0.253 e. The van der Waals surface area contributed by atoms with Gasteiger partial charge in [0, 0.05) is 25.3 Å². The van der Waals surface area contributed by atoms with Crippen LogP contribution in [-0.2, 0) is 14.8 Å². The predicted octanol–water partition coefficient (Wildman–Crippen LogP) is 1.13. The number of hydrogen-bond donors (Lipinski definition) is 3. The number of anilines is 1. The Morgan fingerprint density at radius 3 is 2.62 bits per heavy atom. The minimum absolute atomic E-state index is 0. The van der Waals surface area contributed by atoms with Gasteiger partial charge in [-0.1, -0.05) is 0 Å². The summed E-state index contributed by atoms with van der Waals surface area (Å²) >= 11 is 0. The number of primary sulfonamides is 1. The summed E-state index contributed by atoms with van der Waals surface area (Å²) in [6, 6.07) is 4.48. The molecular formula is C18H30Cl2N4O4S. The van der Waals surface area contributed by atoms with Gasteiger partial charge in [-0.2, -0.15) is 0 Å². The number of carbonyl (C=O) groups is 1. The number of nitrogens with two attached hydrogens (primary N) is 1. The molecule has 4 N–H and O–H groups in total. The average Bonchev–Trinajstić information content (AvgIpc) is 2.68. The fourth-order valence-electron chi connectivity index (χ4n) is 3.61. The van der Waals surface area contributed by atoms with Crippen molar-refractivity contribution in [1.82, 2.24) is 10.6 Å². The third kappa shape index (κ3) is 7.27. The second-order valence-corrected chi connectivity index (χ2v) is 8.64. The number of nitrogens with one attached hydrogen (secondary N) is 2. The van der Waals surface area contributed by atoms with Gasteiger partial charge >= 0.3 is 0 Å². The molecule has 8 nitrogen and oxygen atoms in total. The minimum atomic E-state index is -3.88. The van der Waals surface area contributed by atoms with Crippen LogP contribution in [0.5, 0.6) is 0 Å². The maximum atomic E-state index is 12.8. The van der Waals surface area contributed by atoms with Crippen molar-refractivity contribution in [2.75, 3.05) is 50.8 Å². The van der Waals surface area contributed by atoms with Crippen LogP contribution in [0.3, 0.4) is 0 Å². The highest BCUT2D eigenvalue weighted by Crippen LogP contribution is 2.25. The first-order chi connectivity index (χ1) is 12.9. The second-order valence-electron chi connectivity index (χ2n) is 7.08. The summed E-state index contributed by atoms with van der Waals surface area (Å²) in [6.07, 6.45) is 3.24. The molecule has 3 rings (SSSR count). The molecule has 0 aromatic heterocycles. The zero-order chi connectivity index (χ0) is 19.3. The molecule has 0 saturated carbocycles. The molecule has 1 aromatic rings. The van der Waals surface area contributed by atoms with Crippen LogP contribution in [-0.4, -0.2) is 60.3 Å². The lowest BCUT2D eigenvalue weighted by molar-refractivity contribution is 0.0949. The first-order valence-corrected chi connectivity index (χ1v) is 11.0. The molecule has 2 fully saturated rings. The number of ether oxygens (including phenoxy) is 1. The number of rotatable bonds is 6. The fraction of sp³-hybridized carbons (Fsp3) is 0.611.